The number of nitrogens with two attached hydrogens (primary N) is 1. The van der Waals surface area contributed by atoms with Crippen LogP contribution >= 0.6 is 0 Å². The molecule has 1 atom stereocenters. The van der Waals surface area contributed by atoms with Gasteiger partial charge in [-0.3, -0.25) is 4.98 Å². The largest absolute Gasteiger partial charge is 0.327 e. The van der Waals surface area contributed by atoms with Crippen LogP contribution in [0.2, 0.25) is 0 Å². The summed E-state index contributed by atoms with van der Waals surface area (Å²) >= 11 is 0. The zero-order valence-corrected chi connectivity index (χ0v) is 8.46. The second-order valence-electron chi connectivity index (χ2n) is 3.52. The summed E-state index contributed by atoms with van der Waals surface area (Å²) in [6, 6.07) is 6.35. The molecule has 1 heterocycles. The summed E-state index contributed by atoms with van der Waals surface area (Å²) in [6.07, 6.45) is 3.12. The highest BCUT2D eigenvalue weighted by atomic mass is 14.7. The molecule has 0 bridgehead atoms. The fourth-order valence-corrected chi connectivity index (χ4v) is 1.45. The highest BCUT2D eigenvalue weighted by molar-refractivity contribution is 5.10. The van der Waals surface area contributed by atoms with Gasteiger partial charge in [-0.2, -0.15) is 0 Å². The van der Waals surface area contributed by atoms with Gasteiger partial charge in [-0.05, 0) is 25.5 Å². The van der Waals surface area contributed by atoms with Crippen LogP contribution in [0.4, 0.5) is 0 Å². The van der Waals surface area contributed by atoms with Gasteiger partial charge in [0.1, 0.15) is 0 Å². The van der Waals surface area contributed by atoms with Gasteiger partial charge in [-0.1, -0.05) is 19.4 Å². The predicted molar refractivity (Wildman–Crippen MR) is 55.6 cm³/mol. The molecule has 1 unspecified atom stereocenters. The van der Waals surface area contributed by atoms with Crippen LogP contribution < -0.4 is 5.73 Å². The van der Waals surface area contributed by atoms with Gasteiger partial charge < -0.3 is 5.73 Å². The smallest absolute Gasteiger partial charge is 0.0422 e. The first-order valence-corrected chi connectivity index (χ1v) is 4.90. The highest BCUT2D eigenvalue weighted by Crippen LogP contribution is 2.04. The number of pyridine rings is 1. The van der Waals surface area contributed by atoms with Crippen molar-refractivity contribution in [2.24, 2.45) is 5.73 Å². The van der Waals surface area contributed by atoms with E-state index in [4.69, 9.17) is 5.73 Å². The molecule has 1 aromatic rings. The molecule has 0 aliphatic heterocycles. The Balaban J connectivity index is 2.53. The Morgan fingerprint density at radius 3 is 2.85 bits per heavy atom. The first-order chi connectivity index (χ1) is 6.22. The Labute approximate surface area is 80.2 Å². The summed E-state index contributed by atoms with van der Waals surface area (Å²) in [7, 11) is 0. The van der Waals surface area contributed by atoms with Crippen molar-refractivity contribution in [3.05, 3.63) is 29.6 Å². The molecular weight excluding hydrogens is 160 g/mol. The molecule has 1 aromatic heterocycles. The van der Waals surface area contributed by atoms with E-state index in [0.29, 0.717) is 0 Å². The minimum Gasteiger partial charge on any atom is -0.327 e. The van der Waals surface area contributed by atoms with Crippen molar-refractivity contribution >= 4 is 0 Å². The van der Waals surface area contributed by atoms with Crippen LogP contribution in [0, 0.1) is 6.92 Å². The molecule has 0 aliphatic carbocycles. The highest BCUT2D eigenvalue weighted by Gasteiger charge is 2.03. The molecule has 2 heteroatoms. The summed E-state index contributed by atoms with van der Waals surface area (Å²) < 4.78 is 0. The lowest BCUT2D eigenvalue weighted by Crippen LogP contribution is -2.22. The van der Waals surface area contributed by atoms with Crippen LogP contribution in [0.5, 0.6) is 0 Å². The second kappa shape index (κ2) is 4.97. The summed E-state index contributed by atoms with van der Waals surface area (Å²) in [4.78, 5) is 4.42. The average Bonchev–Trinajstić information content (AvgIpc) is 2.04. The van der Waals surface area contributed by atoms with Gasteiger partial charge >= 0.3 is 0 Å². The molecule has 0 spiro atoms. The average molecular weight is 178 g/mol. The van der Waals surface area contributed by atoms with Crippen molar-refractivity contribution in [2.75, 3.05) is 0 Å². The Bertz CT molecular complexity index is 258. The number of hydrogen-bond acceptors (Lipinski definition) is 2. The fraction of sp³-hybridized carbons (Fsp3) is 0.545. The lowest BCUT2D eigenvalue weighted by Gasteiger charge is -2.09. The maximum absolute atomic E-state index is 5.93. The molecule has 2 nitrogen and oxygen atoms in total. The van der Waals surface area contributed by atoms with Crippen molar-refractivity contribution in [1.82, 2.24) is 4.98 Å². The quantitative estimate of drug-likeness (QED) is 0.766. The van der Waals surface area contributed by atoms with E-state index in [1.54, 1.807) is 0 Å². The molecule has 0 saturated carbocycles. The molecule has 0 fully saturated rings. The SMILES string of the molecule is CCCC(N)Cc1cccc(C)n1. The Morgan fingerprint density at radius 2 is 2.23 bits per heavy atom. The van der Waals surface area contributed by atoms with E-state index >= 15 is 0 Å². The molecule has 13 heavy (non-hydrogen) atoms. The summed E-state index contributed by atoms with van der Waals surface area (Å²) in [5.74, 6) is 0. The Kier molecular flexibility index (Phi) is 3.90. The minimum atomic E-state index is 0.263. The van der Waals surface area contributed by atoms with Crippen LogP contribution in [0.3, 0.4) is 0 Å². The van der Waals surface area contributed by atoms with E-state index < -0.39 is 0 Å². The molecule has 0 radical (unpaired) electrons. The maximum atomic E-state index is 5.93. The minimum absolute atomic E-state index is 0.263. The molecule has 0 aromatic carbocycles. The van der Waals surface area contributed by atoms with Gasteiger partial charge in [0, 0.05) is 23.9 Å². The van der Waals surface area contributed by atoms with Crippen LogP contribution in [-0.2, 0) is 6.42 Å². The van der Waals surface area contributed by atoms with Crippen molar-refractivity contribution in [3.8, 4) is 0 Å². The molecule has 1 rings (SSSR count). The topological polar surface area (TPSA) is 38.9 Å². The molecule has 0 saturated heterocycles. The zero-order chi connectivity index (χ0) is 9.68. The maximum Gasteiger partial charge on any atom is 0.0422 e. The van der Waals surface area contributed by atoms with E-state index in [1.807, 2.05) is 25.1 Å². The Hall–Kier alpha value is -0.890. The van der Waals surface area contributed by atoms with Gasteiger partial charge in [0.2, 0.25) is 0 Å². The van der Waals surface area contributed by atoms with Crippen LogP contribution in [0.25, 0.3) is 0 Å². The number of aryl methyl sites for hydroxylation is 1. The summed E-state index contributed by atoms with van der Waals surface area (Å²) in [5, 5.41) is 0. The zero-order valence-electron chi connectivity index (χ0n) is 8.46. The summed E-state index contributed by atoms with van der Waals surface area (Å²) in [6.45, 7) is 4.17. The fourth-order valence-electron chi connectivity index (χ4n) is 1.45. The van der Waals surface area contributed by atoms with Gasteiger partial charge in [-0.15, -0.1) is 0 Å². The Morgan fingerprint density at radius 1 is 1.46 bits per heavy atom. The number of rotatable bonds is 4. The van der Waals surface area contributed by atoms with E-state index in [-0.39, 0.29) is 6.04 Å². The van der Waals surface area contributed by atoms with Crippen molar-refractivity contribution < 1.29 is 0 Å². The van der Waals surface area contributed by atoms with Crippen LogP contribution in [-0.4, -0.2) is 11.0 Å². The van der Waals surface area contributed by atoms with Gasteiger partial charge in [-0.25, -0.2) is 0 Å². The molecule has 2 N–H and O–H groups in total. The molecular formula is C11H18N2. The predicted octanol–water partition coefficient (Wildman–Crippen LogP) is 2.06. The van der Waals surface area contributed by atoms with E-state index in [0.717, 1.165) is 30.7 Å². The standard InChI is InChI=1S/C11H18N2/c1-3-5-10(12)8-11-7-4-6-9(2)13-11/h4,6-7,10H,3,5,8,12H2,1-2H3. The summed E-state index contributed by atoms with van der Waals surface area (Å²) in [5.41, 5.74) is 8.11. The van der Waals surface area contributed by atoms with Crippen molar-refractivity contribution in [2.45, 2.75) is 39.2 Å². The van der Waals surface area contributed by atoms with E-state index in [1.165, 1.54) is 0 Å². The first-order valence-electron chi connectivity index (χ1n) is 4.90. The number of hydrogen-bond donors (Lipinski definition) is 1. The third-order valence-electron chi connectivity index (χ3n) is 2.08. The lowest BCUT2D eigenvalue weighted by molar-refractivity contribution is 0.593. The van der Waals surface area contributed by atoms with Crippen molar-refractivity contribution in [3.63, 3.8) is 0 Å². The monoisotopic (exact) mass is 178 g/mol. The number of aromatic nitrogens is 1. The molecule has 0 amide bonds. The van der Waals surface area contributed by atoms with Crippen LogP contribution in [0.1, 0.15) is 31.2 Å². The lowest BCUT2D eigenvalue weighted by atomic mass is 10.1. The van der Waals surface area contributed by atoms with Crippen LogP contribution in [0.15, 0.2) is 18.2 Å². The van der Waals surface area contributed by atoms with E-state index in [2.05, 4.69) is 11.9 Å². The molecule has 72 valence electrons. The third-order valence-corrected chi connectivity index (χ3v) is 2.08. The van der Waals surface area contributed by atoms with Gasteiger partial charge in [0.25, 0.3) is 0 Å². The third kappa shape index (κ3) is 3.55. The second-order valence-corrected chi connectivity index (χ2v) is 3.52. The van der Waals surface area contributed by atoms with Gasteiger partial charge in [0.15, 0.2) is 0 Å². The number of nitrogens with zero attached hydrogens (tertiary/aromatic N) is 1. The molecule has 0 aliphatic rings. The van der Waals surface area contributed by atoms with E-state index in [9.17, 15) is 0 Å². The first kappa shape index (κ1) is 10.2. The van der Waals surface area contributed by atoms with Gasteiger partial charge in [0.05, 0.1) is 0 Å². The van der Waals surface area contributed by atoms with Crippen molar-refractivity contribution in [1.29, 1.82) is 0 Å². The normalized spacial score (nSPS) is 12.8.